The summed E-state index contributed by atoms with van der Waals surface area (Å²) in [6.07, 6.45) is 17.5. The van der Waals surface area contributed by atoms with Crippen molar-refractivity contribution in [2.75, 3.05) is 0 Å². The first kappa shape index (κ1) is 26.1. The van der Waals surface area contributed by atoms with Gasteiger partial charge in [-0.15, -0.1) is 0 Å². The van der Waals surface area contributed by atoms with E-state index in [0.717, 1.165) is 53.9 Å². The molecule has 0 saturated heterocycles. The zero-order valence-corrected chi connectivity index (χ0v) is 21.4. The number of aromatic hydroxyl groups is 1. The van der Waals surface area contributed by atoms with Gasteiger partial charge in [-0.1, -0.05) is 85.5 Å². The Hall–Kier alpha value is -1.18. The predicted molar refractivity (Wildman–Crippen MR) is 134 cm³/mol. The van der Waals surface area contributed by atoms with Crippen LogP contribution in [0.25, 0.3) is 0 Å². The molecule has 2 rings (SSSR count). The zero-order valence-electron chi connectivity index (χ0n) is 21.4. The predicted octanol–water partition coefficient (Wildman–Crippen LogP) is 8.92. The van der Waals surface area contributed by atoms with Gasteiger partial charge in [-0.25, -0.2) is 0 Å². The van der Waals surface area contributed by atoms with E-state index in [1.807, 2.05) is 13.0 Å². The lowest BCUT2D eigenvalue weighted by atomic mass is 9.91. The van der Waals surface area contributed by atoms with E-state index in [2.05, 4.69) is 34.6 Å². The maximum Gasteiger partial charge on any atom is 0.126 e. The molecule has 0 bridgehead atoms. The van der Waals surface area contributed by atoms with Crippen molar-refractivity contribution in [3.8, 4) is 11.5 Å². The van der Waals surface area contributed by atoms with Crippen LogP contribution in [0.5, 0.6) is 11.5 Å². The minimum atomic E-state index is 0.346. The second-order valence-corrected chi connectivity index (χ2v) is 11.0. The Bertz CT molecular complexity index is 649. The Morgan fingerprint density at radius 1 is 0.871 bits per heavy atom. The smallest absolute Gasteiger partial charge is 0.126 e. The number of fused-ring (bicyclic) bond motifs is 1. The fraction of sp³-hybridized carbons (Fsp3) is 0.793. The van der Waals surface area contributed by atoms with Gasteiger partial charge in [-0.2, -0.15) is 0 Å². The van der Waals surface area contributed by atoms with Crippen LogP contribution in [-0.4, -0.2) is 11.2 Å². The number of rotatable bonds is 14. The van der Waals surface area contributed by atoms with Gasteiger partial charge in [0.05, 0.1) is 6.10 Å². The highest BCUT2D eigenvalue weighted by Crippen LogP contribution is 2.38. The molecule has 1 aliphatic rings. The third-order valence-corrected chi connectivity index (χ3v) is 7.42. The second-order valence-electron chi connectivity index (χ2n) is 11.0. The van der Waals surface area contributed by atoms with Crippen molar-refractivity contribution < 1.29 is 9.84 Å². The summed E-state index contributed by atoms with van der Waals surface area (Å²) in [5, 5.41) is 10.1. The summed E-state index contributed by atoms with van der Waals surface area (Å²) in [6.45, 7) is 13.6. The SMILES string of the molecule is Cc1cc(O)c(C)c2c1OC(CCC[C@H](C)CCCC[C@H](C)CCCCC(C)C)CC2. The van der Waals surface area contributed by atoms with Crippen molar-refractivity contribution in [2.24, 2.45) is 17.8 Å². The molecule has 1 unspecified atom stereocenters. The van der Waals surface area contributed by atoms with Gasteiger partial charge < -0.3 is 9.84 Å². The standard InChI is InChI=1S/C29H50O2/c1-21(2)12-7-8-13-22(3)14-9-10-15-23(4)16-11-17-26-18-19-27-25(6)28(30)20-24(5)29(27)31-26/h20-23,26,30H,7-19H2,1-6H3/t22-,23-,26?/m1/s1. The molecular formula is C29H50O2. The Morgan fingerprint density at radius 2 is 1.42 bits per heavy atom. The lowest BCUT2D eigenvalue weighted by Crippen LogP contribution is -2.24. The van der Waals surface area contributed by atoms with Crippen LogP contribution in [0.4, 0.5) is 0 Å². The van der Waals surface area contributed by atoms with Crippen LogP contribution in [0.1, 0.15) is 121 Å². The Balaban J connectivity index is 1.56. The van der Waals surface area contributed by atoms with Crippen LogP contribution in [0, 0.1) is 31.6 Å². The third kappa shape index (κ3) is 9.07. The summed E-state index contributed by atoms with van der Waals surface area (Å²) in [6, 6.07) is 1.85. The number of benzene rings is 1. The highest BCUT2D eigenvalue weighted by atomic mass is 16.5. The van der Waals surface area contributed by atoms with Crippen molar-refractivity contribution in [1.82, 2.24) is 0 Å². The van der Waals surface area contributed by atoms with Gasteiger partial charge >= 0.3 is 0 Å². The van der Waals surface area contributed by atoms with Gasteiger partial charge in [0.25, 0.3) is 0 Å². The molecule has 178 valence electrons. The maximum atomic E-state index is 10.1. The van der Waals surface area contributed by atoms with E-state index in [1.165, 1.54) is 69.8 Å². The monoisotopic (exact) mass is 430 g/mol. The van der Waals surface area contributed by atoms with Crippen molar-refractivity contribution in [3.05, 3.63) is 22.8 Å². The van der Waals surface area contributed by atoms with Gasteiger partial charge in [0, 0.05) is 5.56 Å². The molecule has 1 aromatic carbocycles. The Labute approximate surface area is 193 Å². The van der Waals surface area contributed by atoms with Crippen LogP contribution in [0.3, 0.4) is 0 Å². The van der Waals surface area contributed by atoms with E-state index >= 15 is 0 Å². The molecule has 0 radical (unpaired) electrons. The summed E-state index contributed by atoms with van der Waals surface area (Å²) in [5.41, 5.74) is 3.29. The largest absolute Gasteiger partial charge is 0.508 e. The highest BCUT2D eigenvalue weighted by Gasteiger charge is 2.24. The van der Waals surface area contributed by atoms with E-state index in [0.29, 0.717) is 11.9 Å². The fourth-order valence-electron chi connectivity index (χ4n) is 5.15. The molecule has 1 heterocycles. The molecule has 2 nitrogen and oxygen atoms in total. The van der Waals surface area contributed by atoms with Crippen molar-refractivity contribution >= 4 is 0 Å². The molecule has 0 saturated carbocycles. The van der Waals surface area contributed by atoms with Crippen LogP contribution < -0.4 is 4.74 Å². The van der Waals surface area contributed by atoms with E-state index in [9.17, 15) is 5.11 Å². The highest BCUT2D eigenvalue weighted by molar-refractivity contribution is 5.53. The fourth-order valence-corrected chi connectivity index (χ4v) is 5.15. The number of unbranched alkanes of at least 4 members (excludes halogenated alkanes) is 2. The zero-order chi connectivity index (χ0) is 22.8. The molecular weight excluding hydrogens is 380 g/mol. The molecule has 0 amide bonds. The third-order valence-electron chi connectivity index (χ3n) is 7.42. The van der Waals surface area contributed by atoms with Crippen molar-refractivity contribution in [2.45, 2.75) is 131 Å². The minimum absolute atomic E-state index is 0.346. The number of ether oxygens (including phenoxy) is 1. The summed E-state index contributed by atoms with van der Waals surface area (Å²) in [7, 11) is 0. The normalized spacial score (nSPS) is 18.0. The molecule has 0 fully saturated rings. The van der Waals surface area contributed by atoms with Gasteiger partial charge in [0.2, 0.25) is 0 Å². The summed E-state index contributed by atoms with van der Waals surface area (Å²) >= 11 is 0. The van der Waals surface area contributed by atoms with Gasteiger partial charge in [-0.05, 0) is 74.5 Å². The van der Waals surface area contributed by atoms with Gasteiger partial charge in [0.15, 0.2) is 0 Å². The van der Waals surface area contributed by atoms with Gasteiger partial charge in [0.1, 0.15) is 11.5 Å². The first-order valence-corrected chi connectivity index (χ1v) is 13.3. The van der Waals surface area contributed by atoms with E-state index in [1.54, 1.807) is 0 Å². The molecule has 1 aromatic rings. The average molecular weight is 431 g/mol. The first-order chi connectivity index (χ1) is 14.8. The topological polar surface area (TPSA) is 29.5 Å². The molecule has 1 aliphatic heterocycles. The molecule has 0 aromatic heterocycles. The lowest BCUT2D eigenvalue weighted by Gasteiger charge is -2.29. The summed E-state index contributed by atoms with van der Waals surface area (Å²) < 4.78 is 6.35. The van der Waals surface area contributed by atoms with Crippen LogP contribution in [-0.2, 0) is 6.42 Å². The molecule has 0 spiro atoms. The minimum Gasteiger partial charge on any atom is -0.508 e. The van der Waals surface area contributed by atoms with Crippen LogP contribution in [0.15, 0.2) is 6.07 Å². The Morgan fingerprint density at radius 3 is 2.00 bits per heavy atom. The Kier molecular flexibility index (Phi) is 11.3. The summed E-state index contributed by atoms with van der Waals surface area (Å²) in [4.78, 5) is 0. The average Bonchev–Trinajstić information content (AvgIpc) is 2.72. The number of phenols is 1. The van der Waals surface area contributed by atoms with E-state index < -0.39 is 0 Å². The first-order valence-electron chi connectivity index (χ1n) is 13.3. The summed E-state index contributed by atoms with van der Waals surface area (Å²) in [5.74, 6) is 4.05. The molecule has 2 heteroatoms. The lowest BCUT2D eigenvalue weighted by molar-refractivity contribution is 0.156. The number of phenolic OH excluding ortho intramolecular Hbond substituents is 1. The quantitative estimate of drug-likeness (QED) is 0.298. The second kappa shape index (κ2) is 13.4. The molecule has 31 heavy (non-hydrogen) atoms. The van der Waals surface area contributed by atoms with Crippen molar-refractivity contribution in [1.29, 1.82) is 0 Å². The van der Waals surface area contributed by atoms with Gasteiger partial charge in [-0.3, -0.25) is 0 Å². The maximum absolute atomic E-state index is 10.1. The van der Waals surface area contributed by atoms with Crippen LogP contribution in [0.2, 0.25) is 0 Å². The van der Waals surface area contributed by atoms with E-state index in [-0.39, 0.29) is 0 Å². The molecule has 0 aliphatic carbocycles. The molecule has 3 atom stereocenters. The number of aryl methyl sites for hydroxylation is 1. The number of hydrogen-bond acceptors (Lipinski definition) is 2. The number of hydrogen-bond donors (Lipinski definition) is 1. The molecule has 1 N–H and O–H groups in total. The van der Waals surface area contributed by atoms with Crippen LogP contribution >= 0.6 is 0 Å². The van der Waals surface area contributed by atoms with Crippen molar-refractivity contribution in [3.63, 3.8) is 0 Å². The van der Waals surface area contributed by atoms with E-state index in [4.69, 9.17) is 4.74 Å².